The molecule has 1 rings (SSSR count). The Morgan fingerprint density at radius 3 is 2.63 bits per heavy atom. The predicted octanol–water partition coefficient (Wildman–Crippen LogP) is 0.479. The second kappa shape index (κ2) is 6.00. The van der Waals surface area contributed by atoms with Gasteiger partial charge in [-0.2, -0.15) is 0 Å². The van der Waals surface area contributed by atoms with Gasteiger partial charge < -0.3 is 15.2 Å². The largest absolute Gasteiger partial charge is 0.478 e. The number of anilines is 1. The van der Waals surface area contributed by atoms with Crippen LogP contribution in [0.3, 0.4) is 0 Å². The first kappa shape index (κ1) is 15.4. The zero-order valence-electron chi connectivity index (χ0n) is 10.6. The maximum absolute atomic E-state index is 11.2. The summed E-state index contributed by atoms with van der Waals surface area (Å²) in [6, 6.07) is 3.64. The van der Waals surface area contributed by atoms with Crippen molar-refractivity contribution >= 4 is 21.7 Å². The normalized spacial score (nSPS) is 13.0. The number of carbonyl (C=O) groups is 1. The molecule has 0 saturated carbocycles. The number of hydrogen-bond acceptors (Lipinski definition) is 5. The third-order valence-corrected chi connectivity index (χ3v) is 3.44. The highest BCUT2D eigenvalue weighted by molar-refractivity contribution is 7.89. The zero-order chi connectivity index (χ0) is 14.6. The Balaban J connectivity index is 3.09. The molecule has 1 aromatic carbocycles. The number of rotatable bonds is 6. The van der Waals surface area contributed by atoms with Gasteiger partial charge in [0.15, 0.2) is 0 Å². The average molecular weight is 288 g/mol. The molecule has 0 aliphatic rings. The first-order chi connectivity index (χ1) is 8.75. The van der Waals surface area contributed by atoms with E-state index in [1.54, 1.807) is 0 Å². The molecule has 0 fully saturated rings. The van der Waals surface area contributed by atoms with E-state index < -0.39 is 16.0 Å². The summed E-state index contributed by atoms with van der Waals surface area (Å²) in [6.45, 7) is 2.21. The number of carboxylic acid groups (broad SMARTS) is 1. The average Bonchev–Trinajstić information content (AvgIpc) is 2.34. The lowest BCUT2D eigenvalue weighted by Crippen LogP contribution is -2.20. The summed E-state index contributed by atoms with van der Waals surface area (Å²) < 4.78 is 27.4. The monoisotopic (exact) mass is 288 g/mol. The number of nitrogens with one attached hydrogen (secondary N) is 1. The number of sulfonamides is 1. The highest BCUT2D eigenvalue weighted by atomic mass is 32.2. The molecule has 0 saturated heterocycles. The van der Waals surface area contributed by atoms with Crippen molar-refractivity contribution in [3.8, 4) is 0 Å². The lowest BCUT2D eigenvalue weighted by molar-refractivity contribution is 0.0697. The van der Waals surface area contributed by atoms with Crippen molar-refractivity contribution in [2.45, 2.75) is 17.9 Å². The summed E-state index contributed by atoms with van der Waals surface area (Å²) >= 11 is 0. The molecule has 106 valence electrons. The summed E-state index contributed by atoms with van der Waals surface area (Å²) in [5.41, 5.74) is 0.152. The lowest BCUT2D eigenvalue weighted by atomic mass is 10.1. The third kappa shape index (κ3) is 4.19. The van der Waals surface area contributed by atoms with Crippen molar-refractivity contribution in [3.63, 3.8) is 0 Å². The molecule has 0 radical (unpaired) electrons. The number of benzene rings is 1. The highest BCUT2D eigenvalue weighted by Gasteiger charge is 2.16. The van der Waals surface area contributed by atoms with Crippen LogP contribution in [0.2, 0.25) is 0 Å². The van der Waals surface area contributed by atoms with Crippen LogP contribution >= 0.6 is 0 Å². The van der Waals surface area contributed by atoms with E-state index in [9.17, 15) is 13.2 Å². The fourth-order valence-electron chi connectivity index (χ4n) is 1.37. The van der Waals surface area contributed by atoms with Crippen LogP contribution < -0.4 is 10.5 Å². The van der Waals surface area contributed by atoms with Crippen molar-refractivity contribution in [1.82, 2.24) is 0 Å². The van der Waals surface area contributed by atoms with Crippen LogP contribution in [-0.4, -0.2) is 39.3 Å². The molecule has 8 heteroatoms. The number of hydrogen-bond donors (Lipinski definition) is 3. The third-order valence-electron chi connectivity index (χ3n) is 2.53. The van der Waals surface area contributed by atoms with Gasteiger partial charge in [-0.1, -0.05) is 0 Å². The van der Waals surface area contributed by atoms with Gasteiger partial charge in [0.1, 0.15) is 0 Å². The van der Waals surface area contributed by atoms with Crippen molar-refractivity contribution in [3.05, 3.63) is 23.8 Å². The molecular formula is C11H16N2O5S. The van der Waals surface area contributed by atoms with E-state index in [1.807, 2.05) is 6.92 Å². The van der Waals surface area contributed by atoms with Gasteiger partial charge in [-0.15, -0.1) is 0 Å². The number of carboxylic acids is 1. The molecule has 0 aliphatic heterocycles. The topological polar surface area (TPSA) is 119 Å². The van der Waals surface area contributed by atoms with Gasteiger partial charge in [-0.05, 0) is 25.1 Å². The Kier molecular flexibility index (Phi) is 4.87. The van der Waals surface area contributed by atoms with Gasteiger partial charge in [-0.3, -0.25) is 0 Å². The summed E-state index contributed by atoms with van der Waals surface area (Å²) in [6.07, 6.45) is -0.112. The van der Waals surface area contributed by atoms with Crippen LogP contribution in [0.4, 0.5) is 5.69 Å². The smallest absolute Gasteiger partial charge is 0.337 e. The first-order valence-electron chi connectivity index (χ1n) is 5.42. The van der Waals surface area contributed by atoms with Crippen molar-refractivity contribution in [1.29, 1.82) is 0 Å². The van der Waals surface area contributed by atoms with E-state index in [0.29, 0.717) is 12.2 Å². The minimum atomic E-state index is -3.93. The molecule has 0 bridgehead atoms. The number of methoxy groups -OCH3 is 1. The molecular weight excluding hydrogens is 272 g/mol. The van der Waals surface area contributed by atoms with Crippen LogP contribution in [0.25, 0.3) is 0 Å². The number of aromatic carboxylic acids is 1. The van der Waals surface area contributed by atoms with Crippen LogP contribution in [0.5, 0.6) is 0 Å². The molecule has 0 aromatic heterocycles. The van der Waals surface area contributed by atoms with Crippen molar-refractivity contribution in [2.24, 2.45) is 5.14 Å². The SMILES string of the molecule is COC(C)CNc1ccc(S(N)(=O)=O)cc1C(=O)O. The minimum absolute atomic E-state index is 0.112. The van der Waals surface area contributed by atoms with Crippen molar-refractivity contribution < 1.29 is 23.1 Å². The Bertz CT molecular complexity index is 570. The van der Waals surface area contributed by atoms with Gasteiger partial charge >= 0.3 is 5.97 Å². The molecule has 7 nitrogen and oxygen atoms in total. The van der Waals surface area contributed by atoms with Crippen LogP contribution in [0.1, 0.15) is 17.3 Å². The molecule has 19 heavy (non-hydrogen) atoms. The highest BCUT2D eigenvalue weighted by Crippen LogP contribution is 2.20. The number of ether oxygens (including phenoxy) is 1. The van der Waals surface area contributed by atoms with Gasteiger partial charge in [0.25, 0.3) is 0 Å². The standard InChI is InChI=1S/C11H16N2O5S/c1-7(18-2)6-13-10-4-3-8(19(12,16)17)5-9(10)11(14)15/h3-5,7,13H,6H2,1-2H3,(H,14,15)(H2,12,16,17). The summed E-state index contributed by atoms with van der Waals surface area (Å²) in [7, 11) is -2.39. The van der Waals surface area contributed by atoms with E-state index >= 15 is 0 Å². The molecule has 1 atom stereocenters. The lowest BCUT2D eigenvalue weighted by Gasteiger charge is -2.14. The summed E-state index contributed by atoms with van der Waals surface area (Å²) in [4.78, 5) is 10.9. The van der Waals surface area contributed by atoms with E-state index in [1.165, 1.54) is 19.2 Å². The van der Waals surface area contributed by atoms with Crippen LogP contribution in [-0.2, 0) is 14.8 Å². The van der Waals surface area contributed by atoms with Gasteiger partial charge in [0.2, 0.25) is 10.0 Å². The Labute approximate surface area is 111 Å². The molecule has 4 N–H and O–H groups in total. The fraction of sp³-hybridized carbons (Fsp3) is 0.364. The minimum Gasteiger partial charge on any atom is -0.478 e. The van der Waals surface area contributed by atoms with E-state index in [0.717, 1.165) is 6.07 Å². The van der Waals surface area contributed by atoms with Gasteiger partial charge in [-0.25, -0.2) is 18.4 Å². The van der Waals surface area contributed by atoms with E-state index in [4.69, 9.17) is 15.0 Å². The molecule has 0 amide bonds. The molecule has 0 aliphatic carbocycles. The predicted molar refractivity (Wildman–Crippen MR) is 69.7 cm³/mol. The maximum Gasteiger partial charge on any atom is 0.337 e. The fourth-order valence-corrected chi connectivity index (χ4v) is 1.91. The first-order valence-corrected chi connectivity index (χ1v) is 6.97. The Hall–Kier alpha value is -1.64. The van der Waals surface area contributed by atoms with Gasteiger partial charge in [0, 0.05) is 19.3 Å². The Morgan fingerprint density at radius 1 is 1.53 bits per heavy atom. The maximum atomic E-state index is 11.2. The van der Waals surface area contributed by atoms with E-state index in [-0.39, 0.29) is 16.6 Å². The second-order valence-electron chi connectivity index (χ2n) is 3.98. The molecule has 1 unspecified atom stereocenters. The van der Waals surface area contributed by atoms with Gasteiger partial charge in [0.05, 0.1) is 16.6 Å². The number of nitrogens with two attached hydrogens (primary N) is 1. The summed E-state index contributed by atoms with van der Waals surface area (Å²) in [5, 5.41) is 16.9. The quantitative estimate of drug-likeness (QED) is 0.700. The summed E-state index contributed by atoms with van der Waals surface area (Å²) in [5.74, 6) is -1.24. The second-order valence-corrected chi connectivity index (χ2v) is 5.55. The molecule has 0 spiro atoms. The zero-order valence-corrected chi connectivity index (χ0v) is 11.4. The number of primary sulfonamides is 1. The molecule has 0 heterocycles. The van der Waals surface area contributed by atoms with E-state index in [2.05, 4.69) is 5.32 Å². The Morgan fingerprint density at radius 2 is 2.16 bits per heavy atom. The van der Waals surface area contributed by atoms with Crippen LogP contribution in [0.15, 0.2) is 23.1 Å². The molecule has 1 aromatic rings. The van der Waals surface area contributed by atoms with Crippen molar-refractivity contribution in [2.75, 3.05) is 19.0 Å². The van der Waals surface area contributed by atoms with Crippen LogP contribution in [0, 0.1) is 0 Å².